The van der Waals surface area contributed by atoms with E-state index in [4.69, 9.17) is 5.11 Å². The molecule has 0 aromatic heterocycles. The van der Waals surface area contributed by atoms with Crippen LogP contribution in [0.15, 0.2) is 42.5 Å². The number of carbonyl (C=O) groups excluding carboxylic acids is 2. The van der Waals surface area contributed by atoms with Crippen molar-refractivity contribution in [2.45, 2.75) is 63.6 Å². The van der Waals surface area contributed by atoms with E-state index in [2.05, 4.69) is 24.5 Å². The van der Waals surface area contributed by atoms with Crippen molar-refractivity contribution < 1.29 is 33.4 Å². The van der Waals surface area contributed by atoms with Gasteiger partial charge in [0, 0.05) is 32.5 Å². The number of aliphatic hydroxyl groups is 1. The van der Waals surface area contributed by atoms with E-state index in [0.29, 0.717) is 6.42 Å². The molecular formula is C28H35F2N3O5. The van der Waals surface area contributed by atoms with Gasteiger partial charge in [0.25, 0.3) is 0 Å². The number of nitrogens with zero attached hydrogens (tertiary/aromatic N) is 1. The fourth-order valence-corrected chi connectivity index (χ4v) is 4.90. The van der Waals surface area contributed by atoms with E-state index in [9.17, 15) is 28.3 Å². The Morgan fingerprint density at radius 1 is 1.13 bits per heavy atom. The Kier molecular flexibility index (Phi) is 9.56. The van der Waals surface area contributed by atoms with Crippen LogP contribution in [0.1, 0.15) is 56.2 Å². The lowest BCUT2D eigenvalue weighted by Gasteiger charge is -2.43. The Balaban J connectivity index is 1.86. The van der Waals surface area contributed by atoms with Gasteiger partial charge in [-0.3, -0.25) is 14.4 Å². The lowest BCUT2D eigenvalue weighted by atomic mass is 9.79. The van der Waals surface area contributed by atoms with Crippen LogP contribution in [0.4, 0.5) is 8.78 Å². The molecule has 3 atom stereocenters. The number of rotatable bonds is 11. The second-order valence-electron chi connectivity index (χ2n) is 10.2. The molecule has 206 valence electrons. The average molecular weight is 532 g/mol. The third kappa shape index (κ3) is 7.58. The van der Waals surface area contributed by atoms with E-state index in [-0.39, 0.29) is 43.3 Å². The summed E-state index contributed by atoms with van der Waals surface area (Å²) in [5.74, 6) is -3.12. The van der Waals surface area contributed by atoms with Gasteiger partial charge in [0.05, 0.1) is 17.7 Å². The Morgan fingerprint density at radius 3 is 2.39 bits per heavy atom. The minimum absolute atomic E-state index is 0.0156. The van der Waals surface area contributed by atoms with Gasteiger partial charge in [-0.05, 0) is 47.6 Å². The van der Waals surface area contributed by atoms with E-state index in [1.54, 1.807) is 0 Å². The number of piperidine rings is 1. The minimum Gasteiger partial charge on any atom is -0.480 e. The van der Waals surface area contributed by atoms with Gasteiger partial charge in [0.1, 0.15) is 18.2 Å². The molecule has 0 bridgehead atoms. The first kappa shape index (κ1) is 29.2. The standard InChI is InChI=1S/C28H35F2N3O5/c1-17(2)20-5-4-6-21(12-20)28(7-8-33(16-27(37)38)26(36)14-28)31-15-25(35)24(32-18(3)34)11-19-9-22(29)13-23(30)10-19/h4-6,9-10,12-13,17,24-25,31,35H,7-8,11,14-16H2,1-3H3,(H,32,34)(H,37,38). The topological polar surface area (TPSA) is 119 Å². The number of hydrogen-bond donors (Lipinski definition) is 4. The van der Waals surface area contributed by atoms with Crippen molar-refractivity contribution in [3.63, 3.8) is 0 Å². The molecule has 1 heterocycles. The first-order chi connectivity index (χ1) is 17.9. The Bertz CT molecular complexity index is 1150. The monoisotopic (exact) mass is 531 g/mol. The van der Waals surface area contributed by atoms with Crippen LogP contribution in [0.25, 0.3) is 0 Å². The molecule has 1 fully saturated rings. The summed E-state index contributed by atoms with van der Waals surface area (Å²) < 4.78 is 27.5. The number of nitrogens with one attached hydrogen (secondary N) is 2. The third-order valence-corrected chi connectivity index (χ3v) is 6.93. The van der Waals surface area contributed by atoms with Crippen LogP contribution in [0.2, 0.25) is 0 Å². The zero-order valence-electron chi connectivity index (χ0n) is 21.8. The van der Waals surface area contributed by atoms with E-state index in [1.165, 1.54) is 11.8 Å². The van der Waals surface area contributed by atoms with Crippen molar-refractivity contribution in [1.82, 2.24) is 15.5 Å². The molecule has 0 spiro atoms. The predicted octanol–water partition coefficient (Wildman–Crippen LogP) is 2.69. The SMILES string of the molecule is CC(=O)NC(Cc1cc(F)cc(F)c1)C(O)CNC1(c2cccc(C(C)C)c2)CCN(CC(=O)O)C(=O)C1. The molecule has 3 rings (SSSR count). The molecule has 2 aromatic carbocycles. The third-order valence-electron chi connectivity index (χ3n) is 6.93. The number of benzene rings is 2. The summed E-state index contributed by atoms with van der Waals surface area (Å²) in [6.45, 7) is 5.17. The molecule has 0 aliphatic carbocycles. The van der Waals surface area contributed by atoms with E-state index in [0.717, 1.165) is 29.3 Å². The number of carboxylic acid groups (broad SMARTS) is 1. The fourth-order valence-electron chi connectivity index (χ4n) is 4.90. The second-order valence-corrected chi connectivity index (χ2v) is 10.2. The summed E-state index contributed by atoms with van der Waals surface area (Å²) in [5.41, 5.74) is 1.29. The summed E-state index contributed by atoms with van der Waals surface area (Å²) in [6, 6.07) is 9.97. The maximum Gasteiger partial charge on any atom is 0.323 e. The van der Waals surface area contributed by atoms with E-state index < -0.39 is 47.7 Å². The first-order valence-electron chi connectivity index (χ1n) is 12.6. The second kappa shape index (κ2) is 12.4. The lowest BCUT2D eigenvalue weighted by molar-refractivity contribution is -0.147. The molecule has 10 heteroatoms. The average Bonchev–Trinajstić information content (AvgIpc) is 2.82. The fraction of sp³-hybridized carbons (Fsp3) is 0.464. The molecule has 1 aliphatic rings. The molecule has 1 aliphatic heterocycles. The Morgan fingerprint density at radius 2 is 1.82 bits per heavy atom. The molecule has 2 amide bonds. The molecule has 38 heavy (non-hydrogen) atoms. The largest absolute Gasteiger partial charge is 0.480 e. The Labute approximate surface area is 221 Å². The van der Waals surface area contributed by atoms with Gasteiger partial charge in [-0.25, -0.2) is 8.78 Å². The molecule has 4 N–H and O–H groups in total. The summed E-state index contributed by atoms with van der Waals surface area (Å²) >= 11 is 0. The molecule has 0 saturated carbocycles. The summed E-state index contributed by atoms with van der Waals surface area (Å²) in [4.78, 5) is 37.4. The maximum atomic E-state index is 13.7. The van der Waals surface area contributed by atoms with Crippen molar-refractivity contribution in [3.05, 3.63) is 70.8 Å². The van der Waals surface area contributed by atoms with Gasteiger partial charge in [-0.1, -0.05) is 38.1 Å². The van der Waals surface area contributed by atoms with Crippen LogP contribution in [0.5, 0.6) is 0 Å². The smallest absolute Gasteiger partial charge is 0.323 e. The van der Waals surface area contributed by atoms with Gasteiger partial charge in [-0.15, -0.1) is 0 Å². The highest BCUT2D eigenvalue weighted by Crippen LogP contribution is 2.35. The number of aliphatic hydroxyl groups excluding tert-OH is 1. The van der Waals surface area contributed by atoms with Gasteiger partial charge in [-0.2, -0.15) is 0 Å². The Hall–Kier alpha value is -3.37. The van der Waals surface area contributed by atoms with Crippen molar-refractivity contribution in [3.8, 4) is 0 Å². The quantitative estimate of drug-likeness (QED) is 0.354. The number of likely N-dealkylation sites (tertiary alicyclic amines) is 1. The van der Waals surface area contributed by atoms with Crippen LogP contribution >= 0.6 is 0 Å². The number of aliphatic carboxylic acids is 1. The maximum absolute atomic E-state index is 13.7. The molecule has 8 nitrogen and oxygen atoms in total. The lowest BCUT2D eigenvalue weighted by Crippen LogP contribution is -2.57. The van der Waals surface area contributed by atoms with Crippen molar-refractivity contribution in [2.75, 3.05) is 19.6 Å². The van der Waals surface area contributed by atoms with Crippen LogP contribution in [0, 0.1) is 11.6 Å². The van der Waals surface area contributed by atoms with E-state index >= 15 is 0 Å². The number of amides is 2. The minimum atomic E-state index is -1.16. The van der Waals surface area contributed by atoms with Crippen LogP contribution < -0.4 is 10.6 Å². The molecule has 2 aromatic rings. The van der Waals surface area contributed by atoms with Gasteiger partial charge in [0.2, 0.25) is 11.8 Å². The summed E-state index contributed by atoms with van der Waals surface area (Å²) in [7, 11) is 0. The normalized spacial score (nSPS) is 19.3. The molecule has 1 saturated heterocycles. The molecule has 3 unspecified atom stereocenters. The van der Waals surface area contributed by atoms with Crippen molar-refractivity contribution >= 4 is 17.8 Å². The summed E-state index contributed by atoms with van der Waals surface area (Å²) in [6.07, 6.45) is -0.796. The predicted molar refractivity (Wildman–Crippen MR) is 137 cm³/mol. The number of hydrogen-bond acceptors (Lipinski definition) is 5. The van der Waals surface area contributed by atoms with Gasteiger partial charge >= 0.3 is 5.97 Å². The summed E-state index contributed by atoms with van der Waals surface area (Å²) in [5, 5.41) is 26.3. The zero-order valence-corrected chi connectivity index (χ0v) is 21.8. The highest BCUT2D eigenvalue weighted by molar-refractivity contribution is 5.83. The van der Waals surface area contributed by atoms with E-state index in [1.807, 2.05) is 24.3 Å². The first-order valence-corrected chi connectivity index (χ1v) is 12.6. The van der Waals surface area contributed by atoms with Gasteiger partial charge in [0.15, 0.2) is 0 Å². The molecule has 0 radical (unpaired) electrons. The highest BCUT2D eigenvalue weighted by Gasteiger charge is 2.41. The number of carboxylic acids is 1. The van der Waals surface area contributed by atoms with Crippen LogP contribution in [-0.2, 0) is 26.3 Å². The molecular weight excluding hydrogens is 496 g/mol. The zero-order chi connectivity index (χ0) is 28.0. The van der Waals surface area contributed by atoms with Crippen LogP contribution in [0.3, 0.4) is 0 Å². The van der Waals surface area contributed by atoms with Crippen LogP contribution in [-0.4, -0.2) is 64.7 Å². The number of halogens is 2. The highest BCUT2D eigenvalue weighted by atomic mass is 19.1. The van der Waals surface area contributed by atoms with Crippen molar-refractivity contribution in [1.29, 1.82) is 0 Å². The number of carbonyl (C=O) groups is 3. The van der Waals surface area contributed by atoms with Crippen molar-refractivity contribution in [2.24, 2.45) is 0 Å². The van der Waals surface area contributed by atoms with Gasteiger partial charge < -0.3 is 25.7 Å².